The van der Waals surface area contributed by atoms with Crippen LogP contribution in [-0.4, -0.2) is 23.5 Å². The van der Waals surface area contributed by atoms with Gasteiger partial charge in [0.05, 0.1) is 6.61 Å². The number of hydrogen-bond acceptors (Lipinski definition) is 4. The summed E-state index contributed by atoms with van der Waals surface area (Å²) in [7, 11) is 0. The molecule has 166 valence electrons. The van der Waals surface area contributed by atoms with Gasteiger partial charge in [-0.2, -0.15) is 0 Å². The quantitative estimate of drug-likeness (QED) is 0.221. The van der Waals surface area contributed by atoms with Crippen LogP contribution in [0.5, 0.6) is 0 Å². The van der Waals surface area contributed by atoms with Crippen molar-refractivity contribution < 1.29 is 18.7 Å². The van der Waals surface area contributed by atoms with E-state index in [0.29, 0.717) is 30.2 Å². The third-order valence-electron chi connectivity index (χ3n) is 4.92. The van der Waals surface area contributed by atoms with Crippen LogP contribution in [0.1, 0.15) is 44.2 Å². The Labute approximate surface area is 188 Å². The first kappa shape index (κ1) is 24.5. The second kappa shape index (κ2) is 12.2. The Bertz CT molecular complexity index is 916. The van der Waals surface area contributed by atoms with E-state index in [0.717, 1.165) is 29.7 Å². The number of hydrogen-bond donors (Lipinski definition) is 2. The SMILES string of the molecule is CCCCOC(=O)C(CCc1ccc(NC(=S)Nc2ccc(F)cc2)cc1C)C(C)=O. The highest BCUT2D eigenvalue weighted by Gasteiger charge is 2.24. The maximum absolute atomic E-state index is 13.0. The van der Waals surface area contributed by atoms with Gasteiger partial charge < -0.3 is 15.4 Å². The number of halogens is 1. The number of unbranched alkanes of at least 4 members (excludes halogenated alkanes) is 1. The first-order valence-corrected chi connectivity index (χ1v) is 10.8. The van der Waals surface area contributed by atoms with Crippen molar-refractivity contribution in [2.24, 2.45) is 5.92 Å². The minimum atomic E-state index is -0.735. The lowest BCUT2D eigenvalue weighted by atomic mass is 9.94. The molecular formula is C24H29FN2O3S. The van der Waals surface area contributed by atoms with E-state index < -0.39 is 11.9 Å². The Morgan fingerprint density at radius 3 is 2.35 bits per heavy atom. The van der Waals surface area contributed by atoms with Crippen LogP contribution in [-0.2, 0) is 20.7 Å². The Balaban J connectivity index is 1.93. The van der Waals surface area contributed by atoms with Gasteiger partial charge >= 0.3 is 5.97 Å². The molecule has 0 bridgehead atoms. The van der Waals surface area contributed by atoms with Crippen molar-refractivity contribution in [3.05, 3.63) is 59.4 Å². The van der Waals surface area contributed by atoms with Crippen molar-refractivity contribution in [1.82, 2.24) is 0 Å². The molecule has 0 fully saturated rings. The fourth-order valence-corrected chi connectivity index (χ4v) is 3.32. The number of rotatable bonds is 10. The van der Waals surface area contributed by atoms with Gasteiger partial charge in [0.1, 0.15) is 17.5 Å². The molecule has 0 amide bonds. The molecule has 0 saturated heterocycles. The number of ether oxygens (including phenoxy) is 1. The number of esters is 1. The number of aryl methyl sites for hydroxylation is 2. The van der Waals surface area contributed by atoms with Gasteiger partial charge in [-0.1, -0.05) is 19.4 Å². The number of carbonyl (C=O) groups excluding carboxylic acids is 2. The summed E-state index contributed by atoms with van der Waals surface area (Å²) in [4.78, 5) is 24.1. The van der Waals surface area contributed by atoms with Crippen molar-refractivity contribution in [3.8, 4) is 0 Å². The Kier molecular flexibility index (Phi) is 9.59. The molecule has 2 N–H and O–H groups in total. The topological polar surface area (TPSA) is 67.4 Å². The average molecular weight is 445 g/mol. The maximum atomic E-state index is 13.0. The third kappa shape index (κ3) is 8.09. The van der Waals surface area contributed by atoms with E-state index in [4.69, 9.17) is 17.0 Å². The maximum Gasteiger partial charge on any atom is 0.316 e. The lowest BCUT2D eigenvalue weighted by Crippen LogP contribution is -2.25. The van der Waals surface area contributed by atoms with E-state index in [1.807, 2.05) is 32.0 Å². The number of Topliss-reactive ketones (excluding diaryl/α,β-unsaturated/α-hetero) is 1. The normalized spacial score (nSPS) is 11.5. The first-order valence-electron chi connectivity index (χ1n) is 10.4. The fourth-order valence-electron chi connectivity index (χ4n) is 3.09. The lowest BCUT2D eigenvalue weighted by Gasteiger charge is -2.15. The van der Waals surface area contributed by atoms with Crippen molar-refractivity contribution >= 4 is 40.5 Å². The van der Waals surface area contributed by atoms with Gasteiger partial charge in [-0.25, -0.2) is 4.39 Å². The minimum Gasteiger partial charge on any atom is -0.465 e. The Morgan fingerprint density at radius 2 is 1.74 bits per heavy atom. The summed E-state index contributed by atoms with van der Waals surface area (Å²) in [5.41, 5.74) is 3.57. The average Bonchev–Trinajstić information content (AvgIpc) is 2.71. The summed E-state index contributed by atoms with van der Waals surface area (Å²) in [6, 6.07) is 11.7. The molecule has 5 nitrogen and oxygen atoms in total. The second-order valence-corrected chi connectivity index (χ2v) is 7.86. The highest BCUT2D eigenvalue weighted by atomic mass is 32.1. The van der Waals surface area contributed by atoms with E-state index in [2.05, 4.69) is 10.6 Å². The smallest absolute Gasteiger partial charge is 0.316 e. The largest absolute Gasteiger partial charge is 0.465 e. The van der Waals surface area contributed by atoms with E-state index >= 15 is 0 Å². The molecular weight excluding hydrogens is 415 g/mol. The summed E-state index contributed by atoms with van der Waals surface area (Å²) in [6.07, 6.45) is 2.73. The van der Waals surface area contributed by atoms with Crippen LogP contribution in [0.4, 0.5) is 15.8 Å². The van der Waals surface area contributed by atoms with Gasteiger partial charge in [0, 0.05) is 11.4 Å². The third-order valence-corrected chi connectivity index (χ3v) is 5.13. The summed E-state index contributed by atoms with van der Waals surface area (Å²) >= 11 is 5.31. The monoisotopic (exact) mass is 444 g/mol. The Morgan fingerprint density at radius 1 is 1.10 bits per heavy atom. The molecule has 7 heteroatoms. The molecule has 0 saturated carbocycles. The number of ketones is 1. The summed E-state index contributed by atoms with van der Waals surface area (Å²) < 4.78 is 18.2. The van der Waals surface area contributed by atoms with Gasteiger partial charge in [-0.05, 0) is 92.9 Å². The molecule has 0 aliphatic rings. The summed E-state index contributed by atoms with van der Waals surface area (Å²) in [5.74, 6) is -1.65. The fraction of sp³-hybridized carbons (Fsp3) is 0.375. The van der Waals surface area contributed by atoms with Crippen LogP contribution >= 0.6 is 12.2 Å². The molecule has 0 radical (unpaired) electrons. The minimum absolute atomic E-state index is 0.172. The summed E-state index contributed by atoms with van der Waals surface area (Å²) in [5, 5.41) is 6.50. The van der Waals surface area contributed by atoms with Crippen LogP contribution in [0.2, 0.25) is 0 Å². The lowest BCUT2D eigenvalue weighted by molar-refractivity contribution is -0.151. The van der Waals surface area contributed by atoms with Gasteiger partial charge in [0.25, 0.3) is 0 Å². The van der Waals surface area contributed by atoms with Gasteiger partial charge in [-0.15, -0.1) is 0 Å². The van der Waals surface area contributed by atoms with E-state index in [1.54, 1.807) is 12.1 Å². The highest BCUT2D eigenvalue weighted by molar-refractivity contribution is 7.80. The van der Waals surface area contributed by atoms with Gasteiger partial charge in [0.2, 0.25) is 0 Å². The molecule has 0 aliphatic heterocycles. The van der Waals surface area contributed by atoms with Crippen LogP contribution in [0, 0.1) is 18.7 Å². The molecule has 2 aromatic carbocycles. The molecule has 0 aromatic heterocycles. The second-order valence-electron chi connectivity index (χ2n) is 7.45. The van der Waals surface area contributed by atoms with Crippen molar-refractivity contribution in [3.63, 3.8) is 0 Å². The van der Waals surface area contributed by atoms with E-state index in [-0.39, 0.29) is 11.6 Å². The standard InChI is InChI=1S/C24H29FN2O3S/c1-4-5-14-30-23(29)22(17(3)28)13-7-18-6-10-21(15-16(18)2)27-24(31)26-20-11-8-19(25)9-12-20/h6,8-12,15,22H,4-5,7,13-14H2,1-3H3,(H2,26,27,31). The van der Waals surface area contributed by atoms with Crippen molar-refractivity contribution in [2.75, 3.05) is 17.2 Å². The van der Waals surface area contributed by atoms with Gasteiger partial charge in [0.15, 0.2) is 5.11 Å². The molecule has 0 aliphatic carbocycles. The summed E-state index contributed by atoms with van der Waals surface area (Å²) in [6.45, 7) is 5.77. The number of nitrogens with one attached hydrogen (secondary N) is 2. The van der Waals surface area contributed by atoms with Crippen molar-refractivity contribution in [2.45, 2.75) is 46.5 Å². The molecule has 31 heavy (non-hydrogen) atoms. The van der Waals surface area contributed by atoms with Crippen LogP contribution in [0.3, 0.4) is 0 Å². The predicted octanol–water partition coefficient (Wildman–Crippen LogP) is 5.42. The molecule has 1 unspecified atom stereocenters. The number of benzene rings is 2. The van der Waals surface area contributed by atoms with Gasteiger partial charge in [-0.3, -0.25) is 9.59 Å². The molecule has 0 heterocycles. The van der Waals surface area contributed by atoms with Crippen LogP contribution < -0.4 is 10.6 Å². The molecule has 0 spiro atoms. The predicted molar refractivity (Wildman–Crippen MR) is 126 cm³/mol. The number of thiocarbonyl (C=S) groups is 1. The molecule has 2 aromatic rings. The zero-order valence-corrected chi connectivity index (χ0v) is 19.0. The van der Waals surface area contributed by atoms with Crippen molar-refractivity contribution in [1.29, 1.82) is 0 Å². The Hall–Kier alpha value is -2.80. The first-order chi connectivity index (χ1) is 14.8. The molecule has 2 rings (SSSR count). The van der Waals surface area contributed by atoms with Crippen LogP contribution in [0.15, 0.2) is 42.5 Å². The number of anilines is 2. The number of carbonyl (C=O) groups is 2. The van der Waals surface area contributed by atoms with E-state index in [1.165, 1.54) is 19.1 Å². The zero-order chi connectivity index (χ0) is 22.8. The molecule has 1 atom stereocenters. The highest BCUT2D eigenvalue weighted by Crippen LogP contribution is 2.20. The van der Waals surface area contributed by atoms with E-state index in [9.17, 15) is 14.0 Å². The van der Waals surface area contributed by atoms with Crippen LogP contribution in [0.25, 0.3) is 0 Å². The zero-order valence-electron chi connectivity index (χ0n) is 18.2.